The molecule has 1 unspecified atom stereocenters. The van der Waals surface area contributed by atoms with Crippen LogP contribution < -0.4 is 15.2 Å². The number of fused-ring (bicyclic) bond motifs is 1. The molecule has 2 N–H and O–H groups in total. The standard InChI is InChI=1S/C11H14N2O4/c1-7(2-3-12)8-4-9(13(14)15)11-10(5-8)16-6-17-11/h4-5,7H,2-3,6,12H2,1H3. The van der Waals surface area contributed by atoms with Crippen molar-refractivity contribution >= 4 is 5.69 Å². The number of hydrogen-bond donors (Lipinski definition) is 1. The highest BCUT2D eigenvalue weighted by molar-refractivity contribution is 5.59. The van der Waals surface area contributed by atoms with Crippen molar-refractivity contribution < 1.29 is 14.4 Å². The normalized spacial score (nSPS) is 14.7. The number of rotatable bonds is 4. The predicted octanol–water partition coefficient (Wildman–Crippen LogP) is 1.78. The van der Waals surface area contributed by atoms with Gasteiger partial charge in [-0.25, -0.2) is 0 Å². The van der Waals surface area contributed by atoms with Gasteiger partial charge in [-0.2, -0.15) is 0 Å². The fraction of sp³-hybridized carbons (Fsp3) is 0.455. The Morgan fingerprint density at radius 1 is 1.53 bits per heavy atom. The maximum Gasteiger partial charge on any atom is 0.315 e. The third-order valence-electron chi connectivity index (χ3n) is 2.84. The van der Waals surface area contributed by atoms with Crippen LogP contribution in [0.1, 0.15) is 24.8 Å². The van der Waals surface area contributed by atoms with Crippen LogP contribution in [0.4, 0.5) is 5.69 Å². The molecule has 0 aliphatic carbocycles. The molecule has 1 atom stereocenters. The van der Waals surface area contributed by atoms with Gasteiger partial charge < -0.3 is 15.2 Å². The van der Waals surface area contributed by atoms with Crippen molar-refractivity contribution in [3.63, 3.8) is 0 Å². The first-order valence-electron chi connectivity index (χ1n) is 5.41. The van der Waals surface area contributed by atoms with Crippen molar-refractivity contribution in [1.29, 1.82) is 0 Å². The van der Waals surface area contributed by atoms with E-state index in [-0.39, 0.29) is 24.1 Å². The summed E-state index contributed by atoms with van der Waals surface area (Å²) in [6.45, 7) is 2.56. The lowest BCUT2D eigenvalue weighted by Gasteiger charge is -2.11. The van der Waals surface area contributed by atoms with E-state index in [1.54, 1.807) is 6.07 Å². The number of ether oxygens (including phenoxy) is 2. The average molecular weight is 238 g/mol. The maximum absolute atomic E-state index is 10.9. The van der Waals surface area contributed by atoms with E-state index in [2.05, 4.69) is 0 Å². The molecule has 0 radical (unpaired) electrons. The molecular weight excluding hydrogens is 224 g/mol. The van der Waals surface area contributed by atoms with Crippen LogP contribution in [0.3, 0.4) is 0 Å². The Hall–Kier alpha value is -1.82. The minimum Gasteiger partial charge on any atom is -0.453 e. The summed E-state index contributed by atoms with van der Waals surface area (Å²) in [4.78, 5) is 10.5. The number of benzene rings is 1. The Morgan fingerprint density at radius 3 is 2.94 bits per heavy atom. The van der Waals surface area contributed by atoms with E-state index >= 15 is 0 Å². The van der Waals surface area contributed by atoms with Crippen LogP contribution in [0.15, 0.2) is 12.1 Å². The van der Waals surface area contributed by atoms with Crippen LogP contribution >= 0.6 is 0 Å². The van der Waals surface area contributed by atoms with Gasteiger partial charge in [0.05, 0.1) is 4.92 Å². The lowest BCUT2D eigenvalue weighted by Crippen LogP contribution is -2.05. The molecule has 92 valence electrons. The van der Waals surface area contributed by atoms with E-state index in [9.17, 15) is 10.1 Å². The summed E-state index contributed by atoms with van der Waals surface area (Å²) in [7, 11) is 0. The second-order valence-corrected chi connectivity index (χ2v) is 4.01. The largest absolute Gasteiger partial charge is 0.453 e. The van der Waals surface area contributed by atoms with E-state index in [1.807, 2.05) is 6.92 Å². The molecule has 0 spiro atoms. The quantitative estimate of drug-likeness (QED) is 0.638. The number of nitrogens with zero attached hydrogens (tertiary/aromatic N) is 1. The molecule has 0 saturated carbocycles. The van der Waals surface area contributed by atoms with Crippen molar-refractivity contribution in [3.8, 4) is 11.5 Å². The Balaban J connectivity index is 2.42. The first kappa shape index (κ1) is 11.7. The Kier molecular flexibility index (Phi) is 3.14. The molecule has 1 aliphatic heterocycles. The average Bonchev–Trinajstić information content (AvgIpc) is 2.75. The number of nitro benzene ring substituents is 1. The highest BCUT2D eigenvalue weighted by atomic mass is 16.7. The molecule has 0 amide bonds. The van der Waals surface area contributed by atoms with Gasteiger partial charge in [-0.15, -0.1) is 0 Å². The van der Waals surface area contributed by atoms with Gasteiger partial charge >= 0.3 is 5.69 Å². The molecule has 0 bridgehead atoms. The van der Waals surface area contributed by atoms with E-state index in [0.717, 1.165) is 12.0 Å². The molecule has 2 rings (SSSR count). The van der Waals surface area contributed by atoms with E-state index in [4.69, 9.17) is 15.2 Å². The smallest absolute Gasteiger partial charge is 0.315 e. The maximum atomic E-state index is 10.9. The third-order valence-corrected chi connectivity index (χ3v) is 2.84. The zero-order valence-electron chi connectivity index (χ0n) is 9.51. The molecule has 1 aromatic rings. The second kappa shape index (κ2) is 4.58. The zero-order valence-corrected chi connectivity index (χ0v) is 9.51. The third kappa shape index (κ3) is 2.16. The molecule has 0 fully saturated rings. The fourth-order valence-corrected chi connectivity index (χ4v) is 1.85. The predicted molar refractivity (Wildman–Crippen MR) is 61.3 cm³/mol. The lowest BCUT2D eigenvalue weighted by atomic mass is 9.97. The molecule has 17 heavy (non-hydrogen) atoms. The fourth-order valence-electron chi connectivity index (χ4n) is 1.85. The van der Waals surface area contributed by atoms with Crippen molar-refractivity contribution in [2.45, 2.75) is 19.3 Å². The van der Waals surface area contributed by atoms with Gasteiger partial charge in [-0.1, -0.05) is 6.92 Å². The summed E-state index contributed by atoms with van der Waals surface area (Å²) in [6, 6.07) is 3.32. The van der Waals surface area contributed by atoms with Gasteiger partial charge in [0.1, 0.15) is 0 Å². The monoisotopic (exact) mass is 238 g/mol. The minimum atomic E-state index is -0.452. The number of nitrogens with two attached hydrogens (primary N) is 1. The van der Waals surface area contributed by atoms with Crippen LogP contribution in [-0.2, 0) is 0 Å². The van der Waals surface area contributed by atoms with Crippen molar-refractivity contribution in [1.82, 2.24) is 0 Å². The molecule has 0 aromatic heterocycles. The molecule has 6 heteroatoms. The summed E-state index contributed by atoms with van der Waals surface area (Å²) < 4.78 is 10.3. The zero-order chi connectivity index (χ0) is 12.4. The van der Waals surface area contributed by atoms with E-state index < -0.39 is 4.92 Å². The first-order valence-corrected chi connectivity index (χ1v) is 5.41. The van der Waals surface area contributed by atoms with Gasteiger partial charge in [-0.3, -0.25) is 10.1 Å². The Labute approximate surface area is 98.5 Å². The van der Waals surface area contributed by atoms with Crippen molar-refractivity contribution in [2.75, 3.05) is 13.3 Å². The van der Waals surface area contributed by atoms with Gasteiger partial charge in [0.25, 0.3) is 0 Å². The Bertz CT molecular complexity index is 447. The summed E-state index contributed by atoms with van der Waals surface area (Å²) in [6.07, 6.45) is 0.775. The van der Waals surface area contributed by atoms with Gasteiger partial charge in [-0.05, 0) is 30.5 Å². The molecular formula is C11H14N2O4. The SMILES string of the molecule is CC(CCN)c1cc2c(c([N+](=O)[O-])c1)OCO2. The van der Waals surface area contributed by atoms with Crippen LogP contribution in [0.2, 0.25) is 0 Å². The van der Waals surface area contributed by atoms with Crippen LogP contribution in [0.5, 0.6) is 11.5 Å². The molecule has 1 aliphatic rings. The van der Waals surface area contributed by atoms with Crippen LogP contribution in [0.25, 0.3) is 0 Å². The summed E-state index contributed by atoms with van der Waals surface area (Å²) in [5.41, 5.74) is 6.30. The molecule has 1 heterocycles. The molecule has 0 saturated heterocycles. The first-order chi connectivity index (χ1) is 8.13. The lowest BCUT2D eigenvalue weighted by molar-refractivity contribution is -0.385. The van der Waals surface area contributed by atoms with Crippen LogP contribution in [0, 0.1) is 10.1 Å². The number of nitro groups is 1. The highest BCUT2D eigenvalue weighted by Crippen LogP contribution is 2.43. The summed E-state index contributed by atoms with van der Waals surface area (Å²) >= 11 is 0. The van der Waals surface area contributed by atoms with Crippen molar-refractivity contribution in [2.24, 2.45) is 5.73 Å². The number of hydrogen-bond acceptors (Lipinski definition) is 5. The van der Waals surface area contributed by atoms with E-state index in [1.165, 1.54) is 6.07 Å². The highest BCUT2D eigenvalue weighted by Gasteiger charge is 2.27. The van der Waals surface area contributed by atoms with Gasteiger partial charge in [0.2, 0.25) is 12.5 Å². The Morgan fingerprint density at radius 2 is 2.29 bits per heavy atom. The second-order valence-electron chi connectivity index (χ2n) is 4.01. The summed E-state index contributed by atoms with van der Waals surface area (Å²) in [5.74, 6) is 0.824. The minimum absolute atomic E-state index is 0.0326. The molecule has 1 aromatic carbocycles. The topological polar surface area (TPSA) is 87.6 Å². The van der Waals surface area contributed by atoms with Gasteiger partial charge in [0.15, 0.2) is 5.75 Å². The van der Waals surface area contributed by atoms with Crippen molar-refractivity contribution in [3.05, 3.63) is 27.8 Å². The van der Waals surface area contributed by atoms with E-state index in [0.29, 0.717) is 12.3 Å². The van der Waals surface area contributed by atoms with Crippen LogP contribution in [-0.4, -0.2) is 18.3 Å². The summed E-state index contributed by atoms with van der Waals surface area (Å²) in [5, 5.41) is 10.9. The van der Waals surface area contributed by atoms with Gasteiger partial charge in [0, 0.05) is 6.07 Å². The molecule has 6 nitrogen and oxygen atoms in total.